The van der Waals surface area contributed by atoms with Gasteiger partial charge >= 0.3 is 6.18 Å². The van der Waals surface area contributed by atoms with Crippen LogP contribution >= 0.6 is 15.9 Å². The summed E-state index contributed by atoms with van der Waals surface area (Å²) in [5, 5.41) is 34.5. The summed E-state index contributed by atoms with van der Waals surface area (Å²) in [6, 6.07) is 12.4. The minimum Gasteiger partial charge on any atom is -0.507 e. The molecule has 7 nitrogen and oxygen atoms in total. The Hall–Kier alpha value is -3.91. The van der Waals surface area contributed by atoms with Crippen LogP contribution in [0.2, 0.25) is 0 Å². The lowest BCUT2D eigenvalue weighted by Gasteiger charge is -2.23. The SMILES string of the molecule is Cc1c([N+](=O)[O-])cc(C(C)(C)C)c(O)c1C(=O)Nc1ccc(C(C#N)c2ccc(Br)cc2)c(C(F)(F)F)c1. The summed E-state index contributed by atoms with van der Waals surface area (Å²) in [7, 11) is 0. The Morgan fingerprint density at radius 1 is 1.11 bits per heavy atom. The van der Waals surface area contributed by atoms with Gasteiger partial charge in [-0.1, -0.05) is 54.9 Å². The minimum absolute atomic E-state index is 0.134. The number of nitriles is 1. The number of benzene rings is 3. The molecule has 198 valence electrons. The van der Waals surface area contributed by atoms with Gasteiger partial charge in [0.15, 0.2) is 0 Å². The van der Waals surface area contributed by atoms with E-state index in [2.05, 4.69) is 21.2 Å². The van der Waals surface area contributed by atoms with Gasteiger partial charge in [-0.3, -0.25) is 14.9 Å². The molecule has 0 fully saturated rings. The van der Waals surface area contributed by atoms with E-state index in [0.29, 0.717) is 16.1 Å². The van der Waals surface area contributed by atoms with Crippen molar-refractivity contribution in [3.8, 4) is 11.8 Å². The average Bonchev–Trinajstić information content (AvgIpc) is 2.79. The Bertz CT molecular complexity index is 1460. The Morgan fingerprint density at radius 3 is 2.21 bits per heavy atom. The first-order chi connectivity index (χ1) is 17.6. The lowest BCUT2D eigenvalue weighted by molar-refractivity contribution is -0.385. The number of nitrogens with one attached hydrogen (secondary N) is 1. The number of nitrogens with zero attached hydrogens (tertiary/aromatic N) is 2. The van der Waals surface area contributed by atoms with Crippen LogP contribution in [0, 0.1) is 28.4 Å². The van der Waals surface area contributed by atoms with E-state index in [0.717, 1.165) is 6.07 Å². The molecule has 1 amide bonds. The molecule has 1 atom stereocenters. The molecule has 0 aliphatic carbocycles. The summed E-state index contributed by atoms with van der Waals surface area (Å²) in [6.07, 6.45) is -4.86. The van der Waals surface area contributed by atoms with Gasteiger partial charge in [-0.15, -0.1) is 0 Å². The number of phenols is 1. The van der Waals surface area contributed by atoms with E-state index in [1.807, 2.05) is 6.07 Å². The maximum absolute atomic E-state index is 14.1. The van der Waals surface area contributed by atoms with E-state index in [9.17, 15) is 38.4 Å². The number of rotatable bonds is 5. The topological polar surface area (TPSA) is 116 Å². The molecule has 11 heteroatoms. The van der Waals surface area contributed by atoms with E-state index in [1.165, 1.54) is 31.2 Å². The molecule has 0 saturated heterocycles. The minimum atomic E-state index is -4.86. The lowest BCUT2D eigenvalue weighted by atomic mass is 9.83. The Kier molecular flexibility index (Phi) is 7.88. The smallest absolute Gasteiger partial charge is 0.416 e. The number of carbonyl (C=O) groups excluding carboxylic acids is 1. The molecule has 3 aromatic rings. The number of nitro benzene ring substituents is 1. The fourth-order valence-corrected chi connectivity index (χ4v) is 4.36. The number of hydrogen-bond donors (Lipinski definition) is 2. The van der Waals surface area contributed by atoms with E-state index in [-0.39, 0.29) is 22.4 Å². The van der Waals surface area contributed by atoms with Crippen molar-refractivity contribution in [2.45, 2.75) is 45.2 Å². The summed E-state index contributed by atoms with van der Waals surface area (Å²) < 4.78 is 42.9. The van der Waals surface area contributed by atoms with E-state index >= 15 is 0 Å². The summed E-state index contributed by atoms with van der Waals surface area (Å²) in [5.41, 5.74) is -2.93. The fourth-order valence-electron chi connectivity index (χ4n) is 4.10. The van der Waals surface area contributed by atoms with Crippen LogP contribution in [0.25, 0.3) is 0 Å². The predicted molar refractivity (Wildman–Crippen MR) is 139 cm³/mol. The van der Waals surface area contributed by atoms with Gasteiger partial charge in [0, 0.05) is 27.4 Å². The molecular weight excluding hydrogens is 567 g/mol. The van der Waals surface area contributed by atoms with Crippen LogP contribution < -0.4 is 5.32 Å². The summed E-state index contributed by atoms with van der Waals surface area (Å²) in [6.45, 7) is 6.34. The van der Waals surface area contributed by atoms with Gasteiger partial charge in [0.1, 0.15) is 5.75 Å². The van der Waals surface area contributed by atoms with Crippen LogP contribution in [-0.4, -0.2) is 15.9 Å². The number of hydrogen-bond acceptors (Lipinski definition) is 5. The Balaban J connectivity index is 2.11. The molecule has 3 aromatic carbocycles. The Morgan fingerprint density at radius 2 is 1.71 bits per heavy atom. The first kappa shape index (κ1) is 28.7. The number of aromatic hydroxyl groups is 1. The first-order valence-electron chi connectivity index (χ1n) is 11.2. The van der Waals surface area contributed by atoms with Crippen LogP contribution in [0.3, 0.4) is 0 Å². The van der Waals surface area contributed by atoms with Gasteiger partial charge in [-0.25, -0.2) is 0 Å². The lowest BCUT2D eigenvalue weighted by Crippen LogP contribution is -2.20. The average molecular weight is 590 g/mol. The molecule has 0 radical (unpaired) electrons. The Labute approximate surface area is 225 Å². The molecular formula is C27H23BrF3N3O4. The van der Waals surface area contributed by atoms with Crippen molar-refractivity contribution in [3.63, 3.8) is 0 Å². The number of nitro groups is 1. The van der Waals surface area contributed by atoms with Gasteiger partial charge in [0.2, 0.25) is 0 Å². The molecule has 0 aliphatic rings. The zero-order chi connectivity index (χ0) is 28.6. The number of phenolic OH excluding ortho intramolecular Hbond substituents is 1. The molecule has 0 heterocycles. The molecule has 2 N–H and O–H groups in total. The second-order valence-corrected chi connectivity index (χ2v) is 10.6. The van der Waals surface area contributed by atoms with Gasteiger partial charge in [0.25, 0.3) is 11.6 Å². The van der Waals surface area contributed by atoms with Crippen molar-refractivity contribution in [3.05, 3.63) is 96.5 Å². The van der Waals surface area contributed by atoms with Crippen LogP contribution in [0.5, 0.6) is 5.75 Å². The maximum atomic E-state index is 14.1. The predicted octanol–water partition coefficient (Wildman–Crippen LogP) is 7.60. The standard InChI is InChI=1S/C27H23BrF3N3O4/c1-14-22(34(37)38)12-21(26(2,3)4)24(35)23(14)25(36)33-17-9-10-18(20(11-17)27(29,30)31)19(13-32)15-5-7-16(28)8-6-15/h5-12,19,35H,1-4H3,(H,33,36). The van der Waals surface area contributed by atoms with E-state index < -0.39 is 50.9 Å². The van der Waals surface area contributed by atoms with Gasteiger partial charge < -0.3 is 10.4 Å². The fraction of sp³-hybridized carbons (Fsp3) is 0.259. The molecule has 3 rings (SSSR count). The third-order valence-corrected chi connectivity index (χ3v) is 6.55. The number of anilines is 1. The van der Waals surface area contributed by atoms with E-state index in [1.54, 1.807) is 32.9 Å². The number of alkyl halides is 3. The molecule has 0 spiro atoms. The highest BCUT2D eigenvalue weighted by atomic mass is 79.9. The number of halogens is 4. The molecule has 38 heavy (non-hydrogen) atoms. The van der Waals surface area contributed by atoms with Crippen molar-refractivity contribution < 1.29 is 28.0 Å². The third-order valence-electron chi connectivity index (χ3n) is 6.02. The van der Waals surface area contributed by atoms with Crippen LogP contribution in [0.15, 0.2) is 53.0 Å². The van der Waals surface area contributed by atoms with Crippen molar-refractivity contribution >= 4 is 33.2 Å². The van der Waals surface area contributed by atoms with E-state index in [4.69, 9.17) is 0 Å². The quantitative estimate of drug-likeness (QED) is 0.235. The molecule has 0 bridgehead atoms. The first-order valence-corrected chi connectivity index (χ1v) is 12.0. The monoisotopic (exact) mass is 589 g/mol. The largest absolute Gasteiger partial charge is 0.507 e. The second kappa shape index (κ2) is 10.5. The zero-order valence-corrected chi connectivity index (χ0v) is 22.4. The summed E-state index contributed by atoms with van der Waals surface area (Å²) >= 11 is 3.25. The van der Waals surface area contributed by atoms with Crippen LogP contribution in [-0.2, 0) is 11.6 Å². The highest BCUT2D eigenvalue weighted by molar-refractivity contribution is 9.10. The third kappa shape index (κ3) is 5.81. The van der Waals surface area contributed by atoms with Gasteiger partial charge in [-0.05, 0) is 47.7 Å². The normalized spacial score (nSPS) is 12.5. The summed E-state index contributed by atoms with van der Waals surface area (Å²) in [5.74, 6) is -2.74. The molecule has 0 aliphatic heterocycles. The van der Waals surface area contributed by atoms with Crippen molar-refractivity contribution in [1.82, 2.24) is 0 Å². The van der Waals surface area contributed by atoms with Crippen molar-refractivity contribution in [2.24, 2.45) is 0 Å². The molecule has 1 unspecified atom stereocenters. The van der Waals surface area contributed by atoms with Crippen LogP contribution in [0.1, 0.15) is 64.9 Å². The number of amides is 1. The maximum Gasteiger partial charge on any atom is 0.416 e. The van der Waals surface area contributed by atoms with Crippen molar-refractivity contribution in [1.29, 1.82) is 5.26 Å². The molecule has 0 saturated carbocycles. The van der Waals surface area contributed by atoms with Gasteiger partial charge in [-0.2, -0.15) is 18.4 Å². The zero-order valence-electron chi connectivity index (χ0n) is 20.8. The number of carbonyl (C=O) groups is 1. The van der Waals surface area contributed by atoms with Gasteiger partial charge in [0.05, 0.1) is 28.0 Å². The highest BCUT2D eigenvalue weighted by Crippen LogP contribution is 2.41. The molecule has 0 aromatic heterocycles. The second-order valence-electron chi connectivity index (χ2n) is 9.67. The van der Waals surface area contributed by atoms with Crippen LogP contribution in [0.4, 0.5) is 24.5 Å². The summed E-state index contributed by atoms with van der Waals surface area (Å²) in [4.78, 5) is 24.1. The highest BCUT2D eigenvalue weighted by Gasteiger charge is 2.37. The van der Waals surface area contributed by atoms with Crippen molar-refractivity contribution in [2.75, 3.05) is 5.32 Å².